The Morgan fingerprint density at radius 3 is 2.71 bits per heavy atom. The molecule has 0 saturated carbocycles. The van der Waals surface area contributed by atoms with E-state index in [1.165, 1.54) is 16.1 Å². The van der Waals surface area contributed by atoms with Gasteiger partial charge in [0.2, 0.25) is 0 Å². The lowest BCUT2D eigenvalue weighted by atomic mass is 10.1. The zero-order valence-electron chi connectivity index (χ0n) is 9.34. The van der Waals surface area contributed by atoms with Crippen LogP contribution in [0, 0.1) is 6.92 Å². The van der Waals surface area contributed by atoms with Gasteiger partial charge in [-0.25, -0.2) is 9.50 Å². The Balaban J connectivity index is 2.23. The standard InChI is InChI=1S/C13H11N3O/c1-9-2-4-10(5-3-9)11-8-13(17)16-12(15-11)6-7-14-16/h2-8,14H,1H3. The number of hydrogen-bond acceptors (Lipinski definition) is 2. The van der Waals surface area contributed by atoms with Gasteiger partial charge < -0.3 is 0 Å². The van der Waals surface area contributed by atoms with Gasteiger partial charge in [0.05, 0.1) is 5.69 Å². The highest BCUT2D eigenvalue weighted by Gasteiger charge is 2.04. The lowest BCUT2D eigenvalue weighted by molar-refractivity contribution is 0.901. The van der Waals surface area contributed by atoms with Crippen LogP contribution in [0.15, 0.2) is 47.4 Å². The lowest BCUT2D eigenvalue weighted by Gasteiger charge is -2.01. The van der Waals surface area contributed by atoms with Gasteiger partial charge in [-0.2, -0.15) is 0 Å². The second-order valence-electron chi connectivity index (χ2n) is 4.00. The highest BCUT2D eigenvalue weighted by molar-refractivity contribution is 5.61. The van der Waals surface area contributed by atoms with Crippen molar-refractivity contribution in [1.82, 2.24) is 14.6 Å². The summed E-state index contributed by atoms with van der Waals surface area (Å²) in [5, 5.41) is 2.82. The number of aromatic amines is 1. The van der Waals surface area contributed by atoms with E-state index in [1.54, 1.807) is 12.3 Å². The highest BCUT2D eigenvalue weighted by Crippen LogP contribution is 2.16. The Morgan fingerprint density at radius 1 is 1.18 bits per heavy atom. The summed E-state index contributed by atoms with van der Waals surface area (Å²) < 4.78 is 1.41. The van der Waals surface area contributed by atoms with Crippen LogP contribution in [-0.4, -0.2) is 14.6 Å². The molecule has 0 radical (unpaired) electrons. The predicted molar refractivity (Wildman–Crippen MR) is 66.0 cm³/mol. The monoisotopic (exact) mass is 225 g/mol. The Morgan fingerprint density at radius 2 is 1.94 bits per heavy atom. The number of fused-ring (bicyclic) bond motifs is 1. The molecule has 3 aromatic rings. The molecule has 2 heterocycles. The van der Waals surface area contributed by atoms with Crippen LogP contribution < -0.4 is 5.56 Å². The molecule has 0 saturated heterocycles. The number of hydrogen-bond donors (Lipinski definition) is 1. The van der Waals surface area contributed by atoms with Gasteiger partial charge in [-0.15, -0.1) is 0 Å². The first-order valence-corrected chi connectivity index (χ1v) is 5.38. The quantitative estimate of drug-likeness (QED) is 0.688. The van der Waals surface area contributed by atoms with Gasteiger partial charge in [0.25, 0.3) is 5.56 Å². The third-order valence-corrected chi connectivity index (χ3v) is 2.73. The Hall–Kier alpha value is -2.36. The van der Waals surface area contributed by atoms with Crippen molar-refractivity contribution in [3.05, 3.63) is 58.5 Å². The van der Waals surface area contributed by atoms with Crippen LogP contribution >= 0.6 is 0 Å². The molecule has 4 heteroatoms. The van der Waals surface area contributed by atoms with E-state index >= 15 is 0 Å². The second-order valence-corrected chi connectivity index (χ2v) is 4.00. The molecule has 0 unspecified atom stereocenters. The molecule has 0 aliphatic carbocycles. The van der Waals surface area contributed by atoms with E-state index in [-0.39, 0.29) is 5.56 Å². The molecule has 2 aromatic heterocycles. The zero-order chi connectivity index (χ0) is 11.8. The van der Waals surface area contributed by atoms with Gasteiger partial charge in [0.15, 0.2) is 5.65 Å². The molecule has 1 N–H and O–H groups in total. The van der Waals surface area contributed by atoms with Crippen LogP contribution in [0.3, 0.4) is 0 Å². The van der Waals surface area contributed by atoms with Gasteiger partial charge in [-0.05, 0) is 6.92 Å². The molecule has 0 atom stereocenters. The smallest absolute Gasteiger partial charge is 0.273 e. The number of H-pyrrole nitrogens is 1. The fourth-order valence-corrected chi connectivity index (χ4v) is 1.80. The summed E-state index contributed by atoms with van der Waals surface area (Å²) in [6, 6.07) is 11.3. The van der Waals surface area contributed by atoms with Crippen molar-refractivity contribution in [2.75, 3.05) is 0 Å². The van der Waals surface area contributed by atoms with Crippen molar-refractivity contribution in [2.45, 2.75) is 6.92 Å². The van der Waals surface area contributed by atoms with Crippen LogP contribution in [-0.2, 0) is 0 Å². The molecule has 0 fully saturated rings. The maximum Gasteiger partial charge on any atom is 0.273 e. The average Bonchev–Trinajstić information content (AvgIpc) is 2.78. The molecule has 84 valence electrons. The second kappa shape index (κ2) is 3.59. The van der Waals surface area contributed by atoms with E-state index in [0.29, 0.717) is 11.3 Å². The minimum atomic E-state index is -0.101. The summed E-state index contributed by atoms with van der Waals surface area (Å²) in [5.41, 5.74) is 3.38. The Labute approximate surface area is 97.5 Å². The van der Waals surface area contributed by atoms with Crippen molar-refractivity contribution in [1.29, 1.82) is 0 Å². The largest absolute Gasteiger partial charge is 0.297 e. The van der Waals surface area contributed by atoms with Crippen molar-refractivity contribution >= 4 is 5.65 Å². The minimum absolute atomic E-state index is 0.101. The summed E-state index contributed by atoms with van der Waals surface area (Å²) >= 11 is 0. The van der Waals surface area contributed by atoms with Crippen molar-refractivity contribution < 1.29 is 0 Å². The Bertz CT molecular complexity index is 722. The molecular formula is C13H11N3O. The van der Waals surface area contributed by atoms with Gasteiger partial charge >= 0.3 is 0 Å². The first-order valence-electron chi connectivity index (χ1n) is 5.38. The molecule has 0 spiro atoms. The Kier molecular flexibility index (Phi) is 2.08. The molecule has 17 heavy (non-hydrogen) atoms. The molecule has 1 aromatic carbocycles. The maximum atomic E-state index is 11.8. The summed E-state index contributed by atoms with van der Waals surface area (Å²) in [5.74, 6) is 0. The summed E-state index contributed by atoms with van der Waals surface area (Å²) in [4.78, 5) is 16.2. The topological polar surface area (TPSA) is 50.2 Å². The third kappa shape index (κ3) is 1.63. The van der Waals surface area contributed by atoms with E-state index in [9.17, 15) is 4.79 Å². The molecule has 0 aliphatic heterocycles. The fraction of sp³-hybridized carbons (Fsp3) is 0.0769. The van der Waals surface area contributed by atoms with Gasteiger partial charge in [-0.3, -0.25) is 9.89 Å². The van der Waals surface area contributed by atoms with Crippen LogP contribution in [0.25, 0.3) is 16.9 Å². The SMILES string of the molecule is Cc1ccc(-c2cc(=O)n3[nH]ccc3n2)cc1. The van der Waals surface area contributed by atoms with E-state index in [2.05, 4.69) is 10.1 Å². The lowest BCUT2D eigenvalue weighted by Crippen LogP contribution is -2.13. The van der Waals surface area contributed by atoms with Gasteiger partial charge in [0.1, 0.15) is 0 Å². The van der Waals surface area contributed by atoms with E-state index in [0.717, 1.165) is 5.56 Å². The average molecular weight is 225 g/mol. The van der Waals surface area contributed by atoms with Gasteiger partial charge in [-0.1, -0.05) is 29.8 Å². The van der Waals surface area contributed by atoms with E-state index < -0.39 is 0 Å². The normalized spacial score (nSPS) is 10.9. The summed E-state index contributed by atoms with van der Waals surface area (Å²) in [6.45, 7) is 2.03. The molecule has 0 aliphatic rings. The van der Waals surface area contributed by atoms with Crippen LogP contribution in [0.1, 0.15) is 5.56 Å². The molecule has 4 nitrogen and oxygen atoms in total. The summed E-state index contributed by atoms with van der Waals surface area (Å²) in [6.07, 6.45) is 1.70. The van der Waals surface area contributed by atoms with Crippen LogP contribution in [0.2, 0.25) is 0 Å². The highest BCUT2D eigenvalue weighted by atomic mass is 16.1. The zero-order valence-corrected chi connectivity index (χ0v) is 9.34. The number of benzene rings is 1. The van der Waals surface area contributed by atoms with Crippen molar-refractivity contribution in [2.24, 2.45) is 0 Å². The minimum Gasteiger partial charge on any atom is -0.297 e. The molecular weight excluding hydrogens is 214 g/mol. The number of nitrogens with zero attached hydrogens (tertiary/aromatic N) is 2. The molecule has 0 amide bonds. The van der Waals surface area contributed by atoms with Gasteiger partial charge in [0, 0.05) is 23.9 Å². The first-order chi connectivity index (χ1) is 8.24. The predicted octanol–water partition coefficient (Wildman–Crippen LogP) is 2.00. The van der Waals surface area contributed by atoms with E-state index in [1.807, 2.05) is 31.2 Å². The molecule has 0 bridgehead atoms. The van der Waals surface area contributed by atoms with E-state index in [4.69, 9.17) is 0 Å². The summed E-state index contributed by atoms with van der Waals surface area (Å²) in [7, 11) is 0. The first kappa shape index (κ1) is 9.84. The van der Waals surface area contributed by atoms with Crippen LogP contribution in [0.4, 0.5) is 0 Å². The van der Waals surface area contributed by atoms with Crippen molar-refractivity contribution in [3.8, 4) is 11.3 Å². The number of rotatable bonds is 1. The number of aromatic nitrogens is 3. The third-order valence-electron chi connectivity index (χ3n) is 2.73. The molecule has 3 rings (SSSR count). The van der Waals surface area contributed by atoms with Crippen LogP contribution in [0.5, 0.6) is 0 Å². The number of aryl methyl sites for hydroxylation is 1. The maximum absolute atomic E-state index is 11.8. The fourth-order valence-electron chi connectivity index (χ4n) is 1.80. The van der Waals surface area contributed by atoms with Crippen molar-refractivity contribution in [3.63, 3.8) is 0 Å². The number of nitrogens with one attached hydrogen (secondary N) is 1.